The third kappa shape index (κ3) is 6.87. The number of thiazole rings is 1. The minimum Gasteiger partial charge on any atom is -0.325 e. The number of hydrogen-bond acceptors (Lipinski definition) is 5. The van der Waals surface area contributed by atoms with Crippen LogP contribution in [0.15, 0.2) is 5.38 Å². The van der Waals surface area contributed by atoms with E-state index < -0.39 is 0 Å². The van der Waals surface area contributed by atoms with Gasteiger partial charge in [-0.2, -0.15) is 0 Å². The van der Waals surface area contributed by atoms with E-state index in [4.69, 9.17) is 5.73 Å². The van der Waals surface area contributed by atoms with E-state index >= 15 is 0 Å². The van der Waals surface area contributed by atoms with Crippen molar-refractivity contribution in [2.45, 2.75) is 64.0 Å². The summed E-state index contributed by atoms with van der Waals surface area (Å²) in [6.07, 6.45) is 10.5. The van der Waals surface area contributed by atoms with Crippen LogP contribution in [0.5, 0.6) is 0 Å². The maximum Gasteiger partial charge on any atom is 0.106 e. The van der Waals surface area contributed by atoms with Crippen LogP contribution >= 0.6 is 11.3 Å². The Hall–Kier alpha value is -0.490. The van der Waals surface area contributed by atoms with Crippen molar-refractivity contribution in [3.05, 3.63) is 16.1 Å². The van der Waals surface area contributed by atoms with Gasteiger partial charge in [-0.1, -0.05) is 19.3 Å². The summed E-state index contributed by atoms with van der Waals surface area (Å²) in [4.78, 5) is 4.48. The van der Waals surface area contributed by atoms with Gasteiger partial charge < -0.3 is 16.4 Å². The molecule has 1 heterocycles. The molecule has 21 heavy (non-hydrogen) atoms. The molecule has 0 aliphatic heterocycles. The first-order valence-corrected chi connectivity index (χ1v) is 9.34. The summed E-state index contributed by atoms with van der Waals surface area (Å²) < 4.78 is 0. The highest BCUT2D eigenvalue weighted by atomic mass is 32.1. The largest absolute Gasteiger partial charge is 0.325 e. The average molecular weight is 311 g/mol. The summed E-state index contributed by atoms with van der Waals surface area (Å²) in [6, 6.07) is 0.792. The molecule has 4 nitrogen and oxygen atoms in total. The van der Waals surface area contributed by atoms with Gasteiger partial charge in [0, 0.05) is 18.0 Å². The van der Waals surface area contributed by atoms with E-state index in [0.29, 0.717) is 6.54 Å². The minimum absolute atomic E-state index is 0.566. The van der Waals surface area contributed by atoms with Crippen LogP contribution in [0.25, 0.3) is 0 Å². The van der Waals surface area contributed by atoms with Crippen molar-refractivity contribution in [3.8, 4) is 0 Å². The van der Waals surface area contributed by atoms with Crippen molar-refractivity contribution < 1.29 is 0 Å². The molecule has 0 saturated heterocycles. The van der Waals surface area contributed by atoms with Gasteiger partial charge in [-0.25, -0.2) is 4.98 Å². The van der Waals surface area contributed by atoms with Crippen molar-refractivity contribution in [1.82, 2.24) is 15.6 Å². The average Bonchev–Trinajstić information content (AvgIpc) is 2.99. The monoisotopic (exact) mass is 310 g/mol. The number of nitrogens with zero attached hydrogens (tertiary/aromatic N) is 1. The Morgan fingerprint density at radius 2 is 1.95 bits per heavy atom. The first-order chi connectivity index (χ1) is 10.4. The first-order valence-electron chi connectivity index (χ1n) is 8.46. The summed E-state index contributed by atoms with van der Waals surface area (Å²) in [5.41, 5.74) is 6.77. The van der Waals surface area contributed by atoms with E-state index in [1.807, 2.05) is 0 Å². The van der Waals surface area contributed by atoms with E-state index in [9.17, 15) is 0 Å². The zero-order valence-electron chi connectivity index (χ0n) is 13.1. The van der Waals surface area contributed by atoms with Gasteiger partial charge in [0.1, 0.15) is 5.01 Å². The lowest BCUT2D eigenvalue weighted by atomic mass is 9.95. The smallest absolute Gasteiger partial charge is 0.106 e. The fourth-order valence-corrected chi connectivity index (χ4v) is 3.61. The number of aromatic nitrogens is 1. The molecule has 0 amide bonds. The molecule has 120 valence electrons. The molecular formula is C16H30N4S. The number of nitrogens with one attached hydrogen (secondary N) is 2. The number of hydrogen-bond donors (Lipinski definition) is 3. The van der Waals surface area contributed by atoms with Gasteiger partial charge in [0.05, 0.1) is 5.69 Å². The Morgan fingerprint density at radius 1 is 1.14 bits per heavy atom. The van der Waals surface area contributed by atoms with Crippen molar-refractivity contribution in [2.75, 3.05) is 19.6 Å². The predicted octanol–water partition coefficient (Wildman–Crippen LogP) is 2.44. The quantitative estimate of drug-likeness (QED) is 0.581. The number of nitrogens with two attached hydrogens (primary N) is 1. The van der Waals surface area contributed by atoms with Gasteiger partial charge in [0.25, 0.3) is 0 Å². The maximum absolute atomic E-state index is 5.57. The first kappa shape index (κ1) is 16.9. The Balaban J connectivity index is 1.39. The third-order valence-electron chi connectivity index (χ3n) is 4.13. The van der Waals surface area contributed by atoms with Gasteiger partial charge in [0.15, 0.2) is 0 Å². The molecular weight excluding hydrogens is 280 g/mol. The van der Waals surface area contributed by atoms with E-state index in [2.05, 4.69) is 21.0 Å². The second-order valence-electron chi connectivity index (χ2n) is 5.93. The normalized spacial score (nSPS) is 16.4. The molecule has 2 rings (SSSR count). The SMILES string of the molecule is NCc1nc(CCCNCCCNC2CCCCC2)cs1. The summed E-state index contributed by atoms with van der Waals surface area (Å²) in [7, 11) is 0. The molecule has 5 heteroatoms. The van der Waals surface area contributed by atoms with E-state index in [1.54, 1.807) is 11.3 Å². The lowest BCUT2D eigenvalue weighted by Crippen LogP contribution is -2.33. The minimum atomic E-state index is 0.566. The third-order valence-corrected chi connectivity index (χ3v) is 5.05. The molecule has 0 unspecified atom stereocenters. The zero-order valence-corrected chi connectivity index (χ0v) is 13.9. The second-order valence-corrected chi connectivity index (χ2v) is 6.88. The van der Waals surface area contributed by atoms with E-state index in [0.717, 1.165) is 43.5 Å². The lowest BCUT2D eigenvalue weighted by molar-refractivity contribution is 0.371. The van der Waals surface area contributed by atoms with Crippen LogP contribution in [-0.2, 0) is 13.0 Å². The molecule has 0 radical (unpaired) electrons. The van der Waals surface area contributed by atoms with Crippen LogP contribution < -0.4 is 16.4 Å². The standard InChI is InChI=1S/C16H30N4S/c17-12-16-20-15(13-21-16)8-4-9-18-10-5-11-19-14-6-2-1-3-7-14/h13-14,18-19H,1-12,17H2. The number of rotatable bonds is 10. The van der Waals surface area contributed by atoms with Crippen LogP contribution in [0.4, 0.5) is 0 Å². The molecule has 0 bridgehead atoms. The van der Waals surface area contributed by atoms with Crippen molar-refractivity contribution in [3.63, 3.8) is 0 Å². The van der Waals surface area contributed by atoms with Gasteiger partial charge >= 0.3 is 0 Å². The Labute approximate surface area is 132 Å². The zero-order chi connectivity index (χ0) is 14.8. The highest BCUT2D eigenvalue weighted by Crippen LogP contribution is 2.17. The highest BCUT2D eigenvalue weighted by Gasteiger charge is 2.11. The summed E-state index contributed by atoms with van der Waals surface area (Å²) in [5, 5.41) is 10.4. The van der Waals surface area contributed by atoms with Crippen LogP contribution in [0.1, 0.15) is 55.6 Å². The van der Waals surface area contributed by atoms with E-state index in [-0.39, 0.29) is 0 Å². The Morgan fingerprint density at radius 3 is 2.71 bits per heavy atom. The van der Waals surface area contributed by atoms with Crippen LogP contribution in [0.3, 0.4) is 0 Å². The summed E-state index contributed by atoms with van der Waals surface area (Å²) >= 11 is 1.67. The molecule has 1 aromatic heterocycles. The predicted molar refractivity (Wildman–Crippen MR) is 90.7 cm³/mol. The van der Waals surface area contributed by atoms with Crippen LogP contribution in [0.2, 0.25) is 0 Å². The van der Waals surface area contributed by atoms with Gasteiger partial charge in [-0.15, -0.1) is 11.3 Å². The molecule has 0 atom stereocenters. The van der Waals surface area contributed by atoms with Gasteiger partial charge in [-0.05, 0) is 51.7 Å². The van der Waals surface area contributed by atoms with E-state index in [1.165, 1.54) is 44.2 Å². The maximum atomic E-state index is 5.57. The number of aryl methyl sites for hydroxylation is 1. The van der Waals surface area contributed by atoms with Crippen LogP contribution in [0, 0.1) is 0 Å². The molecule has 1 aliphatic carbocycles. The molecule has 1 saturated carbocycles. The van der Waals surface area contributed by atoms with Gasteiger partial charge in [-0.3, -0.25) is 0 Å². The van der Waals surface area contributed by atoms with Gasteiger partial charge in [0.2, 0.25) is 0 Å². The Kier molecular flexibility index (Phi) is 8.25. The fraction of sp³-hybridized carbons (Fsp3) is 0.812. The van der Waals surface area contributed by atoms with Crippen molar-refractivity contribution >= 4 is 11.3 Å². The van der Waals surface area contributed by atoms with Crippen LogP contribution in [-0.4, -0.2) is 30.7 Å². The Bertz CT molecular complexity index is 374. The highest BCUT2D eigenvalue weighted by molar-refractivity contribution is 7.09. The lowest BCUT2D eigenvalue weighted by Gasteiger charge is -2.22. The van der Waals surface area contributed by atoms with Crippen molar-refractivity contribution in [1.29, 1.82) is 0 Å². The second kappa shape index (κ2) is 10.3. The molecule has 0 aromatic carbocycles. The molecule has 1 fully saturated rings. The molecule has 1 aromatic rings. The summed E-state index contributed by atoms with van der Waals surface area (Å²) in [6.45, 7) is 3.92. The molecule has 4 N–H and O–H groups in total. The molecule has 0 spiro atoms. The summed E-state index contributed by atoms with van der Waals surface area (Å²) in [5.74, 6) is 0. The fourth-order valence-electron chi connectivity index (χ4n) is 2.90. The molecule has 1 aliphatic rings. The topological polar surface area (TPSA) is 63.0 Å². The van der Waals surface area contributed by atoms with Crippen molar-refractivity contribution in [2.24, 2.45) is 5.73 Å².